The van der Waals surface area contributed by atoms with Crippen LogP contribution < -0.4 is 5.32 Å². The Kier molecular flexibility index (Phi) is 4.21. The van der Waals surface area contributed by atoms with Gasteiger partial charge in [-0.15, -0.1) is 0 Å². The largest absolute Gasteiger partial charge is 0.310 e. The molecule has 1 aromatic rings. The molecular formula is C14H25N3. The molecule has 3 heteroatoms. The zero-order valence-electron chi connectivity index (χ0n) is 11.4. The van der Waals surface area contributed by atoms with Crippen molar-refractivity contribution in [3.05, 3.63) is 17.5 Å². The average molecular weight is 235 g/mol. The first-order chi connectivity index (χ1) is 8.26. The summed E-state index contributed by atoms with van der Waals surface area (Å²) in [4.78, 5) is 0. The Morgan fingerprint density at radius 3 is 2.71 bits per heavy atom. The molecule has 1 fully saturated rings. The van der Waals surface area contributed by atoms with Crippen molar-refractivity contribution in [3.8, 4) is 0 Å². The van der Waals surface area contributed by atoms with Crippen molar-refractivity contribution >= 4 is 0 Å². The van der Waals surface area contributed by atoms with E-state index < -0.39 is 0 Å². The molecule has 1 aromatic heterocycles. The number of hydrogen-bond donors (Lipinski definition) is 1. The van der Waals surface area contributed by atoms with Crippen LogP contribution >= 0.6 is 0 Å². The van der Waals surface area contributed by atoms with Crippen molar-refractivity contribution in [2.75, 3.05) is 6.54 Å². The van der Waals surface area contributed by atoms with Gasteiger partial charge in [0, 0.05) is 24.8 Å². The van der Waals surface area contributed by atoms with Crippen LogP contribution in [0.4, 0.5) is 0 Å². The highest BCUT2D eigenvalue weighted by molar-refractivity contribution is 5.22. The highest BCUT2D eigenvalue weighted by Gasteiger charge is 2.28. The molecule has 0 saturated heterocycles. The van der Waals surface area contributed by atoms with Gasteiger partial charge in [-0.3, -0.25) is 4.68 Å². The van der Waals surface area contributed by atoms with E-state index in [0.29, 0.717) is 6.04 Å². The Balaban J connectivity index is 2.23. The fraction of sp³-hybridized carbons (Fsp3) is 0.786. The summed E-state index contributed by atoms with van der Waals surface area (Å²) in [7, 11) is 2.03. The zero-order chi connectivity index (χ0) is 12.3. The summed E-state index contributed by atoms with van der Waals surface area (Å²) in [6.45, 7) is 5.44. The number of aromatic nitrogens is 2. The molecule has 17 heavy (non-hydrogen) atoms. The molecule has 1 N–H and O–H groups in total. The molecule has 1 saturated carbocycles. The van der Waals surface area contributed by atoms with Gasteiger partial charge in [0.1, 0.15) is 0 Å². The van der Waals surface area contributed by atoms with Gasteiger partial charge in [0.05, 0.1) is 5.69 Å². The summed E-state index contributed by atoms with van der Waals surface area (Å²) in [5.74, 6) is 0.810. The Labute approximate surface area is 105 Å². The quantitative estimate of drug-likeness (QED) is 0.850. The molecule has 1 atom stereocenters. The van der Waals surface area contributed by atoms with E-state index in [1.165, 1.54) is 36.9 Å². The van der Waals surface area contributed by atoms with Crippen LogP contribution in [0.3, 0.4) is 0 Å². The fourth-order valence-electron chi connectivity index (χ4n) is 3.13. The molecule has 1 unspecified atom stereocenters. The van der Waals surface area contributed by atoms with Gasteiger partial charge in [0.15, 0.2) is 0 Å². The number of nitrogens with zero attached hydrogens (tertiary/aromatic N) is 2. The van der Waals surface area contributed by atoms with Crippen LogP contribution in [0.15, 0.2) is 6.20 Å². The first-order valence-corrected chi connectivity index (χ1v) is 7.02. The highest BCUT2D eigenvalue weighted by Crippen LogP contribution is 2.36. The maximum absolute atomic E-state index is 4.58. The third kappa shape index (κ3) is 2.71. The molecule has 1 aliphatic carbocycles. The topological polar surface area (TPSA) is 29.9 Å². The van der Waals surface area contributed by atoms with Crippen molar-refractivity contribution in [1.82, 2.24) is 15.1 Å². The average Bonchev–Trinajstić information content (AvgIpc) is 2.94. The molecule has 1 heterocycles. The number of hydrogen-bond acceptors (Lipinski definition) is 2. The van der Waals surface area contributed by atoms with Gasteiger partial charge >= 0.3 is 0 Å². The first-order valence-electron chi connectivity index (χ1n) is 7.02. The molecule has 0 radical (unpaired) electrons. The lowest BCUT2D eigenvalue weighted by atomic mass is 9.91. The van der Waals surface area contributed by atoms with Crippen molar-refractivity contribution in [2.45, 2.75) is 52.0 Å². The molecule has 0 bridgehead atoms. The summed E-state index contributed by atoms with van der Waals surface area (Å²) < 4.78 is 1.97. The Morgan fingerprint density at radius 1 is 1.41 bits per heavy atom. The summed E-state index contributed by atoms with van der Waals surface area (Å²) in [5.41, 5.74) is 2.70. The van der Waals surface area contributed by atoms with Gasteiger partial charge in [-0.1, -0.05) is 26.7 Å². The SMILES string of the molecule is CCNC(c1cn(C)nc1CC)C1CCCC1. The van der Waals surface area contributed by atoms with Gasteiger partial charge < -0.3 is 5.32 Å². The van der Waals surface area contributed by atoms with E-state index >= 15 is 0 Å². The maximum Gasteiger partial charge on any atom is 0.0669 e. The van der Waals surface area contributed by atoms with Crippen LogP contribution in [-0.2, 0) is 13.5 Å². The predicted molar refractivity (Wildman–Crippen MR) is 71.0 cm³/mol. The van der Waals surface area contributed by atoms with E-state index in [1.807, 2.05) is 11.7 Å². The molecule has 0 aliphatic heterocycles. The monoisotopic (exact) mass is 235 g/mol. The second-order valence-electron chi connectivity index (χ2n) is 5.14. The predicted octanol–water partition coefficient (Wildman–Crippen LogP) is 2.82. The van der Waals surface area contributed by atoms with E-state index in [2.05, 4.69) is 30.5 Å². The van der Waals surface area contributed by atoms with Crippen LogP contribution in [0.25, 0.3) is 0 Å². The normalized spacial score (nSPS) is 18.8. The minimum Gasteiger partial charge on any atom is -0.310 e. The standard InChI is InChI=1S/C14H25N3/c1-4-13-12(10-17(3)16-13)14(15-5-2)11-8-6-7-9-11/h10-11,14-15H,4-9H2,1-3H3. The summed E-state index contributed by atoms with van der Waals surface area (Å²) in [5, 5.41) is 8.26. The van der Waals surface area contributed by atoms with E-state index in [1.54, 1.807) is 0 Å². The lowest BCUT2D eigenvalue weighted by Crippen LogP contribution is -2.27. The Bertz CT molecular complexity index is 350. The Morgan fingerprint density at radius 2 is 2.12 bits per heavy atom. The lowest BCUT2D eigenvalue weighted by molar-refractivity contribution is 0.372. The van der Waals surface area contributed by atoms with Gasteiger partial charge in [-0.25, -0.2) is 0 Å². The molecule has 0 spiro atoms. The van der Waals surface area contributed by atoms with Crippen LogP contribution in [0.2, 0.25) is 0 Å². The fourth-order valence-corrected chi connectivity index (χ4v) is 3.13. The van der Waals surface area contributed by atoms with Gasteiger partial charge in [-0.2, -0.15) is 5.10 Å². The molecule has 96 valence electrons. The summed E-state index contributed by atoms with van der Waals surface area (Å²) in [6.07, 6.45) is 8.78. The van der Waals surface area contributed by atoms with Gasteiger partial charge in [0.25, 0.3) is 0 Å². The van der Waals surface area contributed by atoms with Crippen molar-refractivity contribution in [2.24, 2.45) is 13.0 Å². The van der Waals surface area contributed by atoms with Crippen molar-refractivity contribution < 1.29 is 0 Å². The van der Waals surface area contributed by atoms with E-state index in [4.69, 9.17) is 0 Å². The van der Waals surface area contributed by atoms with E-state index in [-0.39, 0.29) is 0 Å². The van der Waals surface area contributed by atoms with Crippen LogP contribution in [0.5, 0.6) is 0 Å². The molecule has 1 aliphatic rings. The zero-order valence-corrected chi connectivity index (χ0v) is 11.4. The van der Waals surface area contributed by atoms with Crippen molar-refractivity contribution in [3.63, 3.8) is 0 Å². The third-order valence-corrected chi connectivity index (χ3v) is 3.90. The third-order valence-electron chi connectivity index (χ3n) is 3.90. The van der Waals surface area contributed by atoms with Crippen LogP contribution in [-0.4, -0.2) is 16.3 Å². The van der Waals surface area contributed by atoms with E-state index in [9.17, 15) is 0 Å². The minimum absolute atomic E-state index is 0.520. The summed E-state index contributed by atoms with van der Waals surface area (Å²) in [6, 6.07) is 0.520. The van der Waals surface area contributed by atoms with E-state index in [0.717, 1.165) is 18.9 Å². The second-order valence-corrected chi connectivity index (χ2v) is 5.14. The first kappa shape index (κ1) is 12.6. The Hall–Kier alpha value is -0.830. The van der Waals surface area contributed by atoms with Crippen molar-refractivity contribution in [1.29, 1.82) is 0 Å². The molecule has 3 nitrogen and oxygen atoms in total. The smallest absolute Gasteiger partial charge is 0.0669 e. The molecule has 0 amide bonds. The minimum atomic E-state index is 0.520. The number of rotatable bonds is 5. The molecular weight excluding hydrogens is 210 g/mol. The van der Waals surface area contributed by atoms with Gasteiger partial charge in [0.2, 0.25) is 0 Å². The summed E-state index contributed by atoms with van der Waals surface area (Å²) >= 11 is 0. The highest BCUT2D eigenvalue weighted by atomic mass is 15.3. The van der Waals surface area contributed by atoms with Crippen LogP contribution in [0, 0.1) is 5.92 Å². The van der Waals surface area contributed by atoms with Crippen LogP contribution in [0.1, 0.15) is 56.8 Å². The maximum atomic E-state index is 4.58. The molecule has 2 rings (SSSR count). The molecule has 0 aromatic carbocycles. The number of nitrogens with one attached hydrogen (secondary N) is 1. The second kappa shape index (κ2) is 5.67. The lowest BCUT2D eigenvalue weighted by Gasteiger charge is -2.24. The number of aryl methyl sites for hydroxylation is 2. The van der Waals surface area contributed by atoms with Gasteiger partial charge in [-0.05, 0) is 31.7 Å².